The van der Waals surface area contributed by atoms with E-state index in [2.05, 4.69) is 0 Å². The van der Waals surface area contributed by atoms with Crippen LogP contribution in [0, 0.1) is 0 Å². The summed E-state index contributed by atoms with van der Waals surface area (Å²) in [6.07, 6.45) is 2.50. The molecule has 0 atom stereocenters. The predicted octanol–water partition coefficient (Wildman–Crippen LogP) is -0.528. The van der Waals surface area contributed by atoms with Crippen molar-refractivity contribution in [1.82, 2.24) is 14.1 Å². The Morgan fingerprint density at radius 2 is 1.88 bits per heavy atom. The molecule has 0 spiro atoms. The van der Waals surface area contributed by atoms with Crippen LogP contribution in [0.2, 0.25) is 0 Å². The van der Waals surface area contributed by atoms with Crippen LogP contribution >= 0.6 is 0 Å². The minimum atomic E-state index is -3.50. The molecule has 0 aromatic carbocycles. The average Bonchev–Trinajstić information content (AvgIpc) is 3.11. The van der Waals surface area contributed by atoms with Crippen LogP contribution in [-0.4, -0.2) is 93.6 Å². The standard InChI is InChI=1S/C15H23N3O6S/c1-23-11-9-18(25(2,21)22)12-14(19)16-5-7-17(8-6-16)15(20)13-4-3-10-24-13/h3-4,10H,5-9,11-12H2,1-2H3. The van der Waals surface area contributed by atoms with Crippen LogP contribution in [0.5, 0.6) is 0 Å². The second-order valence-electron chi connectivity index (χ2n) is 5.74. The molecule has 1 fully saturated rings. The molecule has 0 saturated carbocycles. The van der Waals surface area contributed by atoms with Gasteiger partial charge in [-0.2, -0.15) is 4.31 Å². The molecule has 140 valence electrons. The van der Waals surface area contributed by atoms with E-state index in [0.717, 1.165) is 10.6 Å². The van der Waals surface area contributed by atoms with Gasteiger partial charge in [0, 0.05) is 39.8 Å². The van der Waals surface area contributed by atoms with Gasteiger partial charge in [-0.1, -0.05) is 0 Å². The summed E-state index contributed by atoms with van der Waals surface area (Å²) in [5, 5.41) is 0. The molecule has 1 aliphatic heterocycles. The first-order chi connectivity index (χ1) is 11.8. The fraction of sp³-hybridized carbons (Fsp3) is 0.600. The van der Waals surface area contributed by atoms with Gasteiger partial charge in [0.05, 0.1) is 25.7 Å². The summed E-state index contributed by atoms with van der Waals surface area (Å²) in [6.45, 7) is 1.57. The number of piperazine rings is 1. The molecule has 1 aromatic rings. The highest BCUT2D eigenvalue weighted by Crippen LogP contribution is 2.10. The normalized spacial score (nSPS) is 15.6. The largest absolute Gasteiger partial charge is 0.459 e. The molecule has 2 amide bonds. The van der Waals surface area contributed by atoms with E-state index in [1.165, 1.54) is 13.4 Å². The molecule has 1 aliphatic rings. The van der Waals surface area contributed by atoms with Crippen molar-refractivity contribution in [2.24, 2.45) is 0 Å². The maximum atomic E-state index is 12.4. The van der Waals surface area contributed by atoms with Crippen molar-refractivity contribution in [1.29, 1.82) is 0 Å². The summed E-state index contributed by atoms with van der Waals surface area (Å²) in [5.41, 5.74) is 0. The Morgan fingerprint density at radius 1 is 1.24 bits per heavy atom. The monoisotopic (exact) mass is 373 g/mol. The molecule has 0 unspecified atom stereocenters. The number of furan rings is 1. The van der Waals surface area contributed by atoms with Gasteiger partial charge in [0.2, 0.25) is 15.9 Å². The van der Waals surface area contributed by atoms with Crippen LogP contribution in [-0.2, 0) is 19.6 Å². The van der Waals surface area contributed by atoms with Crippen LogP contribution < -0.4 is 0 Å². The maximum Gasteiger partial charge on any atom is 0.289 e. The molecule has 0 N–H and O–H groups in total. The van der Waals surface area contributed by atoms with E-state index in [-0.39, 0.29) is 37.3 Å². The molecular formula is C15H23N3O6S. The van der Waals surface area contributed by atoms with Crippen molar-refractivity contribution in [2.45, 2.75) is 0 Å². The van der Waals surface area contributed by atoms with E-state index in [0.29, 0.717) is 26.2 Å². The fourth-order valence-corrected chi connectivity index (χ4v) is 3.27. The summed E-state index contributed by atoms with van der Waals surface area (Å²) in [7, 11) is -2.03. The van der Waals surface area contributed by atoms with Crippen molar-refractivity contribution in [3.05, 3.63) is 24.2 Å². The zero-order valence-corrected chi connectivity index (χ0v) is 15.2. The molecule has 0 bridgehead atoms. The molecule has 10 heteroatoms. The van der Waals surface area contributed by atoms with Crippen LogP contribution in [0.25, 0.3) is 0 Å². The summed E-state index contributed by atoms with van der Waals surface area (Å²) in [4.78, 5) is 27.8. The van der Waals surface area contributed by atoms with Gasteiger partial charge in [-0.05, 0) is 12.1 Å². The summed E-state index contributed by atoms with van der Waals surface area (Å²) in [5.74, 6) is -0.232. The highest BCUT2D eigenvalue weighted by Gasteiger charge is 2.28. The molecule has 2 rings (SSSR count). The molecule has 0 aliphatic carbocycles. The highest BCUT2D eigenvalue weighted by molar-refractivity contribution is 7.88. The van der Waals surface area contributed by atoms with Gasteiger partial charge in [-0.25, -0.2) is 8.42 Å². The Labute approximate surface area is 147 Å². The van der Waals surface area contributed by atoms with Gasteiger partial charge >= 0.3 is 0 Å². The molecule has 0 radical (unpaired) electrons. The highest BCUT2D eigenvalue weighted by atomic mass is 32.2. The third kappa shape index (κ3) is 5.28. The topological polar surface area (TPSA) is 100 Å². The Balaban J connectivity index is 1.88. The number of carbonyl (C=O) groups is 2. The van der Waals surface area contributed by atoms with Gasteiger partial charge in [-0.15, -0.1) is 0 Å². The Kier molecular flexibility index (Phi) is 6.57. The maximum absolute atomic E-state index is 12.4. The van der Waals surface area contributed by atoms with E-state index in [9.17, 15) is 18.0 Å². The van der Waals surface area contributed by atoms with E-state index in [1.807, 2.05) is 0 Å². The number of carbonyl (C=O) groups excluding carboxylic acids is 2. The fourth-order valence-electron chi connectivity index (χ4n) is 2.52. The van der Waals surface area contributed by atoms with Crippen molar-refractivity contribution in [3.8, 4) is 0 Å². The number of nitrogens with zero attached hydrogens (tertiary/aromatic N) is 3. The summed E-state index contributed by atoms with van der Waals surface area (Å²) in [6, 6.07) is 3.24. The molecule has 9 nitrogen and oxygen atoms in total. The molecule has 25 heavy (non-hydrogen) atoms. The van der Waals surface area contributed by atoms with Crippen molar-refractivity contribution in [2.75, 3.05) is 59.2 Å². The molecule has 2 heterocycles. The zero-order valence-electron chi connectivity index (χ0n) is 14.4. The predicted molar refractivity (Wildman–Crippen MR) is 89.5 cm³/mol. The average molecular weight is 373 g/mol. The second-order valence-corrected chi connectivity index (χ2v) is 7.72. The quantitative estimate of drug-likeness (QED) is 0.637. The van der Waals surface area contributed by atoms with Gasteiger partial charge in [0.25, 0.3) is 5.91 Å². The van der Waals surface area contributed by atoms with Crippen molar-refractivity contribution < 1.29 is 27.2 Å². The third-order valence-corrected chi connectivity index (χ3v) is 5.23. The third-order valence-electron chi connectivity index (χ3n) is 3.98. The van der Waals surface area contributed by atoms with Crippen molar-refractivity contribution in [3.63, 3.8) is 0 Å². The lowest BCUT2D eigenvalue weighted by Gasteiger charge is -2.35. The lowest BCUT2D eigenvalue weighted by atomic mass is 10.2. The number of ether oxygens (including phenoxy) is 1. The SMILES string of the molecule is COCCN(CC(=O)N1CCN(C(=O)c2ccco2)CC1)S(C)(=O)=O. The zero-order chi connectivity index (χ0) is 18.4. The second kappa shape index (κ2) is 8.45. The lowest BCUT2D eigenvalue weighted by Crippen LogP contribution is -2.53. The first kappa shape index (κ1) is 19.4. The van der Waals surface area contributed by atoms with Crippen LogP contribution in [0.1, 0.15) is 10.6 Å². The first-order valence-electron chi connectivity index (χ1n) is 7.87. The Morgan fingerprint density at radius 3 is 2.40 bits per heavy atom. The Bertz CT molecular complexity index is 680. The first-order valence-corrected chi connectivity index (χ1v) is 9.72. The Hall–Kier alpha value is -1.91. The van der Waals surface area contributed by atoms with Crippen LogP contribution in [0.15, 0.2) is 22.8 Å². The van der Waals surface area contributed by atoms with E-state index in [4.69, 9.17) is 9.15 Å². The summed E-state index contributed by atoms with van der Waals surface area (Å²) < 4.78 is 34.6. The van der Waals surface area contributed by atoms with Gasteiger partial charge < -0.3 is 19.0 Å². The number of rotatable bonds is 7. The minimum absolute atomic E-state index is 0.123. The number of amides is 2. The smallest absolute Gasteiger partial charge is 0.289 e. The molecular weight excluding hydrogens is 350 g/mol. The summed E-state index contributed by atoms with van der Waals surface area (Å²) >= 11 is 0. The van der Waals surface area contributed by atoms with Crippen LogP contribution in [0.3, 0.4) is 0 Å². The lowest BCUT2D eigenvalue weighted by molar-refractivity contribution is -0.132. The van der Waals surface area contributed by atoms with Gasteiger partial charge in [-0.3, -0.25) is 9.59 Å². The molecule has 1 saturated heterocycles. The van der Waals surface area contributed by atoms with Crippen molar-refractivity contribution >= 4 is 21.8 Å². The minimum Gasteiger partial charge on any atom is -0.459 e. The van der Waals surface area contributed by atoms with E-state index >= 15 is 0 Å². The number of hydrogen-bond acceptors (Lipinski definition) is 6. The van der Waals surface area contributed by atoms with E-state index in [1.54, 1.807) is 21.9 Å². The number of sulfonamides is 1. The number of methoxy groups -OCH3 is 1. The van der Waals surface area contributed by atoms with Gasteiger partial charge in [0.1, 0.15) is 0 Å². The van der Waals surface area contributed by atoms with Gasteiger partial charge in [0.15, 0.2) is 5.76 Å². The van der Waals surface area contributed by atoms with Crippen LogP contribution in [0.4, 0.5) is 0 Å². The molecule has 1 aromatic heterocycles. The number of hydrogen-bond donors (Lipinski definition) is 0. The van der Waals surface area contributed by atoms with E-state index < -0.39 is 10.0 Å².